The number of benzene rings is 1. The van der Waals surface area contributed by atoms with Gasteiger partial charge in [0.15, 0.2) is 0 Å². The van der Waals surface area contributed by atoms with E-state index in [9.17, 15) is 18.0 Å². The molecule has 1 aromatic carbocycles. The van der Waals surface area contributed by atoms with Crippen molar-refractivity contribution in [3.8, 4) is 5.75 Å². The number of aliphatic imine (C=N–C) groups is 1. The molecule has 4 rings (SSSR count). The van der Waals surface area contributed by atoms with Crippen molar-refractivity contribution in [2.45, 2.75) is 0 Å². The summed E-state index contributed by atoms with van der Waals surface area (Å²) in [5, 5.41) is 7.96. The molecule has 0 radical (unpaired) electrons. The van der Waals surface area contributed by atoms with E-state index in [0.717, 1.165) is 23.1 Å². The molecule has 1 N–H and O–H groups in total. The minimum atomic E-state index is -3.72. The number of carbonyl (C=O) groups is 2. The number of amidine groups is 3. The van der Waals surface area contributed by atoms with Crippen LogP contribution in [0.5, 0.6) is 5.75 Å². The second-order valence-electron chi connectivity index (χ2n) is 6.11. The average molecular weight is 444 g/mol. The highest BCUT2D eigenvalue weighted by atomic mass is 32.2. The molecular formula is C18H12N4O6S2. The Labute approximate surface area is 174 Å². The van der Waals surface area contributed by atoms with Gasteiger partial charge in [-0.1, -0.05) is 12.1 Å². The van der Waals surface area contributed by atoms with E-state index >= 15 is 0 Å². The minimum Gasteiger partial charge on any atom is -0.457 e. The lowest BCUT2D eigenvalue weighted by Gasteiger charge is -2.23. The van der Waals surface area contributed by atoms with Crippen LogP contribution in [0.3, 0.4) is 0 Å². The van der Waals surface area contributed by atoms with Crippen LogP contribution >= 0.6 is 11.9 Å². The highest BCUT2D eigenvalue weighted by Gasteiger charge is 2.41. The molecule has 0 bridgehead atoms. The van der Waals surface area contributed by atoms with Crippen molar-refractivity contribution < 1.29 is 27.2 Å². The number of esters is 1. The smallest absolute Gasteiger partial charge is 0.379 e. The van der Waals surface area contributed by atoms with Crippen LogP contribution in [0.25, 0.3) is 6.08 Å². The van der Waals surface area contributed by atoms with E-state index in [0.29, 0.717) is 5.56 Å². The summed E-state index contributed by atoms with van der Waals surface area (Å²) in [5.74, 6) is -1.37. The third-order valence-electron chi connectivity index (χ3n) is 3.95. The minimum absolute atomic E-state index is 0.0164. The van der Waals surface area contributed by atoms with Crippen molar-refractivity contribution in [2.75, 3.05) is 6.26 Å². The van der Waals surface area contributed by atoms with E-state index in [-0.39, 0.29) is 33.3 Å². The first kappa shape index (κ1) is 19.8. The fraction of sp³-hybridized carbons (Fsp3) is 0.0556. The largest absolute Gasteiger partial charge is 0.457 e. The summed E-state index contributed by atoms with van der Waals surface area (Å²) >= 11 is 0.723. The van der Waals surface area contributed by atoms with Crippen molar-refractivity contribution in [2.24, 2.45) is 9.39 Å². The number of sulfone groups is 1. The summed E-state index contributed by atoms with van der Waals surface area (Å²) in [6, 6.07) is 9.20. The Morgan fingerprint density at radius 1 is 1.27 bits per heavy atom. The van der Waals surface area contributed by atoms with E-state index < -0.39 is 21.7 Å². The lowest BCUT2D eigenvalue weighted by atomic mass is 10.1. The SMILES string of the molecule is CS(=O)(=O)C1=NSC2=NC(=O)/C(=C\c3ccc(OC(=O)c4ccco4)cc3)C(=N)N21. The number of hydrogen-bond acceptors (Lipinski definition) is 9. The lowest BCUT2D eigenvalue weighted by Crippen LogP contribution is -2.45. The fourth-order valence-electron chi connectivity index (χ4n) is 2.59. The number of furan rings is 1. The first-order chi connectivity index (χ1) is 14.2. The van der Waals surface area contributed by atoms with Gasteiger partial charge in [0.1, 0.15) is 11.6 Å². The zero-order chi connectivity index (χ0) is 21.5. The van der Waals surface area contributed by atoms with Gasteiger partial charge in [0.2, 0.25) is 25.9 Å². The molecule has 1 amide bonds. The van der Waals surface area contributed by atoms with Crippen molar-refractivity contribution >= 4 is 55.9 Å². The Balaban J connectivity index is 1.57. The molecule has 2 aromatic rings. The number of carbonyl (C=O) groups excluding carboxylic acids is 2. The molecule has 0 saturated carbocycles. The molecule has 152 valence electrons. The van der Waals surface area contributed by atoms with Gasteiger partial charge in [-0.3, -0.25) is 10.2 Å². The molecule has 30 heavy (non-hydrogen) atoms. The van der Waals surface area contributed by atoms with Crippen LogP contribution in [-0.4, -0.2) is 47.6 Å². The van der Waals surface area contributed by atoms with E-state index in [2.05, 4.69) is 9.39 Å². The fourth-order valence-corrected chi connectivity index (χ4v) is 4.43. The third kappa shape index (κ3) is 3.69. The molecule has 2 aliphatic rings. The highest BCUT2D eigenvalue weighted by Crippen LogP contribution is 2.29. The summed E-state index contributed by atoms with van der Waals surface area (Å²) in [4.78, 5) is 29.1. The highest BCUT2D eigenvalue weighted by molar-refractivity contribution is 8.16. The van der Waals surface area contributed by atoms with Gasteiger partial charge < -0.3 is 9.15 Å². The number of fused-ring (bicyclic) bond motifs is 1. The van der Waals surface area contributed by atoms with Crippen molar-refractivity contribution in [3.05, 3.63) is 59.6 Å². The number of hydrogen-bond donors (Lipinski definition) is 1. The first-order valence-corrected chi connectivity index (χ1v) is 10.9. The third-order valence-corrected chi connectivity index (χ3v) is 5.70. The van der Waals surface area contributed by atoms with Gasteiger partial charge in [0.05, 0.1) is 23.8 Å². The average Bonchev–Trinajstić information content (AvgIpc) is 3.36. The zero-order valence-electron chi connectivity index (χ0n) is 15.2. The van der Waals surface area contributed by atoms with Crippen LogP contribution in [0.4, 0.5) is 0 Å². The van der Waals surface area contributed by atoms with Crippen LogP contribution in [0.15, 0.2) is 62.0 Å². The molecule has 0 atom stereocenters. The number of nitrogens with one attached hydrogen (secondary N) is 1. The van der Waals surface area contributed by atoms with Gasteiger partial charge in [0, 0.05) is 6.26 Å². The summed E-state index contributed by atoms with van der Waals surface area (Å²) in [5.41, 5.74) is 0.419. The van der Waals surface area contributed by atoms with Gasteiger partial charge in [-0.05, 0) is 35.9 Å². The van der Waals surface area contributed by atoms with Crippen LogP contribution in [0.2, 0.25) is 0 Å². The van der Waals surface area contributed by atoms with Crippen molar-refractivity contribution in [3.63, 3.8) is 0 Å². The Kier molecular flexibility index (Phi) is 4.87. The molecule has 0 saturated heterocycles. The van der Waals surface area contributed by atoms with Gasteiger partial charge >= 0.3 is 5.97 Å². The van der Waals surface area contributed by atoms with E-state index in [1.807, 2.05) is 0 Å². The van der Waals surface area contributed by atoms with Gasteiger partial charge in [-0.15, -0.1) is 0 Å². The monoisotopic (exact) mass is 444 g/mol. The normalized spacial score (nSPS) is 17.6. The maximum absolute atomic E-state index is 12.3. The number of ether oxygens (including phenoxy) is 1. The molecule has 0 aliphatic carbocycles. The van der Waals surface area contributed by atoms with Crippen molar-refractivity contribution in [1.29, 1.82) is 5.41 Å². The van der Waals surface area contributed by atoms with Crippen LogP contribution < -0.4 is 4.74 Å². The quantitative estimate of drug-likeness (QED) is 0.328. The lowest BCUT2D eigenvalue weighted by molar-refractivity contribution is -0.114. The predicted molar refractivity (Wildman–Crippen MR) is 110 cm³/mol. The van der Waals surface area contributed by atoms with E-state index in [1.54, 1.807) is 18.2 Å². The number of amides is 1. The molecule has 12 heteroatoms. The van der Waals surface area contributed by atoms with Crippen LogP contribution in [0.1, 0.15) is 16.1 Å². The van der Waals surface area contributed by atoms with Crippen LogP contribution in [0, 0.1) is 5.41 Å². The van der Waals surface area contributed by atoms with Gasteiger partial charge in [0.25, 0.3) is 5.91 Å². The Bertz CT molecular complexity index is 1260. The zero-order valence-corrected chi connectivity index (χ0v) is 16.9. The van der Waals surface area contributed by atoms with E-state index in [4.69, 9.17) is 14.6 Å². The molecule has 0 fully saturated rings. The summed E-state index contributed by atoms with van der Waals surface area (Å²) in [6.45, 7) is 0. The first-order valence-electron chi connectivity index (χ1n) is 8.28. The summed E-state index contributed by atoms with van der Waals surface area (Å²) in [7, 11) is -3.72. The van der Waals surface area contributed by atoms with Crippen LogP contribution in [-0.2, 0) is 14.6 Å². The molecular weight excluding hydrogens is 432 g/mol. The maximum atomic E-state index is 12.3. The topological polar surface area (TPSA) is 142 Å². The summed E-state index contributed by atoms with van der Waals surface area (Å²) < 4.78 is 37.7. The van der Waals surface area contributed by atoms with Gasteiger partial charge in [-0.2, -0.15) is 9.39 Å². The molecule has 10 nitrogen and oxygen atoms in total. The molecule has 0 unspecified atom stereocenters. The standard InChI is InChI=1S/C18H12N4O6S2/c1-30(25,26)18-21-29-17-20-15(23)12(14(19)22(17)18)9-10-4-6-11(7-5-10)28-16(24)13-3-2-8-27-13/h2-9,19H,1H3/b12-9-,19-14?. The summed E-state index contributed by atoms with van der Waals surface area (Å²) in [6.07, 6.45) is 3.71. The Morgan fingerprint density at radius 3 is 2.63 bits per heavy atom. The van der Waals surface area contributed by atoms with Gasteiger partial charge in [-0.25, -0.2) is 18.1 Å². The maximum Gasteiger partial charge on any atom is 0.379 e. The Hall–Kier alpha value is -3.51. The number of nitrogens with zero attached hydrogens (tertiary/aromatic N) is 3. The second-order valence-corrected chi connectivity index (χ2v) is 8.75. The second kappa shape index (κ2) is 7.39. The predicted octanol–water partition coefficient (Wildman–Crippen LogP) is 2.12. The Morgan fingerprint density at radius 2 is 2.00 bits per heavy atom. The van der Waals surface area contributed by atoms with E-state index in [1.165, 1.54) is 30.5 Å². The molecule has 1 aromatic heterocycles. The molecule has 2 aliphatic heterocycles. The number of rotatable bonds is 3. The molecule has 3 heterocycles. The van der Waals surface area contributed by atoms with Crippen molar-refractivity contribution in [1.82, 2.24) is 4.90 Å². The molecule has 0 spiro atoms.